The highest BCUT2D eigenvalue weighted by Crippen LogP contribution is 2.11. The van der Waals surface area contributed by atoms with Crippen LogP contribution in [0.15, 0.2) is 18.3 Å². The van der Waals surface area contributed by atoms with E-state index in [0.717, 1.165) is 25.9 Å². The van der Waals surface area contributed by atoms with Crippen LogP contribution >= 0.6 is 0 Å². The van der Waals surface area contributed by atoms with Crippen molar-refractivity contribution in [2.24, 2.45) is 0 Å². The first kappa shape index (κ1) is 15.3. The van der Waals surface area contributed by atoms with Gasteiger partial charge >= 0.3 is 0 Å². The van der Waals surface area contributed by atoms with E-state index in [4.69, 9.17) is 0 Å². The van der Waals surface area contributed by atoms with E-state index < -0.39 is 0 Å². The van der Waals surface area contributed by atoms with Crippen molar-refractivity contribution in [3.63, 3.8) is 0 Å². The molecule has 3 heterocycles. The number of likely N-dealkylation sites (tertiary alicyclic amines) is 1. The second-order valence-corrected chi connectivity index (χ2v) is 5.60. The lowest BCUT2D eigenvalue weighted by Crippen LogP contribution is -2.47. The number of rotatable bonds is 4. The van der Waals surface area contributed by atoms with Gasteiger partial charge in [0, 0.05) is 32.4 Å². The Balaban J connectivity index is 1.53. The van der Waals surface area contributed by atoms with Gasteiger partial charge < -0.3 is 10.6 Å². The first-order valence-corrected chi connectivity index (χ1v) is 7.57. The molecule has 3 rings (SSSR count). The molecule has 0 aromatic carbocycles. The smallest absolute Gasteiger partial charge is 0.253 e. The first-order chi connectivity index (χ1) is 11.2. The number of hydrogen-bond acceptors (Lipinski definition) is 6. The zero-order chi connectivity index (χ0) is 16.2. The summed E-state index contributed by atoms with van der Waals surface area (Å²) in [5.41, 5.74) is 1.13. The summed E-state index contributed by atoms with van der Waals surface area (Å²) < 4.78 is 1.47. The predicted octanol–water partition coefficient (Wildman–Crippen LogP) is -0.935. The van der Waals surface area contributed by atoms with Crippen molar-refractivity contribution in [1.29, 1.82) is 0 Å². The Morgan fingerprint density at radius 2 is 2.09 bits per heavy atom. The number of piperidine rings is 1. The molecule has 0 bridgehead atoms. The van der Waals surface area contributed by atoms with E-state index in [1.807, 2.05) is 0 Å². The maximum Gasteiger partial charge on any atom is 0.253 e. The molecule has 1 saturated heterocycles. The number of pyridine rings is 1. The minimum atomic E-state index is -0.132. The van der Waals surface area contributed by atoms with Crippen molar-refractivity contribution < 1.29 is 9.59 Å². The number of aromatic nitrogens is 4. The zero-order valence-corrected chi connectivity index (χ0v) is 12.9. The minimum Gasteiger partial charge on any atom is -0.358 e. The lowest BCUT2D eigenvalue weighted by atomic mass is 10.0. The fourth-order valence-electron chi connectivity index (χ4n) is 2.66. The van der Waals surface area contributed by atoms with Gasteiger partial charge in [-0.1, -0.05) is 0 Å². The summed E-state index contributed by atoms with van der Waals surface area (Å²) in [5.74, 6) is -0.116. The Labute approximate surface area is 133 Å². The molecular weight excluding hydrogens is 298 g/mol. The summed E-state index contributed by atoms with van der Waals surface area (Å²) in [6.45, 7) is 2.00. The lowest BCUT2D eigenvalue weighted by Gasteiger charge is -2.31. The van der Waals surface area contributed by atoms with E-state index in [1.54, 1.807) is 25.4 Å². The van der Waals surface area contributed by atoms with Gasteiger partial charge in [-0.2, -0.15) is 4.52 Å². The molecule has 0 aliphatic carbocycles. The fraction of sp³-hybridized carbons (Fsp3) is 0.500. The second kappa shape index (κ2) is 6.69. The van der Waals surface area contributed by atoms with Crippen LogP contribution in [0.3, 0.4) is 0 Å². The number of nitrogens with one attached hydrogen (secondary N) is 2. The van der Waals surface area contributed by atoms with Crippen LogP contribution < -0.4 is 10.6 Å². The van der Waals surface area contributed by atoms with Gasteiger partial charge in [-0.3, -0.25) is 14.5 Å². The normalized spacial score (nSPS) is 16.4. The summed E-state index contributed by atoms with van der Waals surface area (Å²) in [5, 5.41) is 16.8. The van der Waals surface area contributed by atoms with Gasteiger partial charge in [-0.25, -0.2) is 0 Å². The van der Waals surface area contributed by atoms with Gasteiger partial charge in [0.25, 0.3) is 5.91 Å². The van der Waals surface area contributed by atoms with Crippen LogP contribution in [-0.4, -0.2) is 69.5 Å². The van der Waals surface area contributed by atoms with Crippen molar-refractivity contribution in [1.82, 2.24) is 35.6 Å². The van der Waals surface area contributed by atoms with Crippen LogP contribution in [0.4, 0.5) is 0 Å². The number of carbonyl (C=O) groups is 2. The number of fused-ring (bicyclic) bond motifs is 1. The van der Waals surface area contributed by atoms with Gasteiger partial charge in [-0.15, -0.1) is 5.10 Å². The van der Waals surface area contributed by atoms with Gasteiger partial charge in [0.15, 0.2) is 5.65 Å². The molecular formula is C14H19N7O2. The average molecular weight is 317 g/mol. The number of amides is 2. The maximum absolute atomic E-state index is 12.3. The van der Waals surface area contributed by atoms with E-state index in [0.29, 0.717) is 17.8 Å². The predicted molar refractivity (Wildman–Crippen MR) is 81.8 cm³/mol. The van der Waals surface area contributed by atoms with E-state index in [1.165, 1.54) is 4.52 Å². The molecule has 23 heavy (non-hydrogen) atoms. The van der Waals surface area contributed by atoms with E-state index in [-0.39, 0.29) is 17.9 Å². The quantitative estimate of drug-likeness (QED) is 0.754. The summed E-state index contributed by atoms with van der Waals surface area (Å²) in [7, 11) is 1.64. The number of hydrogen-bond donors (Lipinski definition) is 2. The summed E-state index contributed by atoms with van der Waals surface area (Å²) in [6, 6.07) is 3.54. The SMILES string of the molecule is CNC(=O)CN1CCC(NC(=O)c2ccc3nnnn3c2)CC1. The van der Waals surface area contributed by atoms with Gasteiger partial charge in [0.1, 0.15) is 0 Å². The van der Waals surface area contributed by atoms with Crippen LogP contribution in [-0.2, 0) is 4.79 Å². The summed E-state index contributed by atoms with van der Waals surface area (Å²) in [4.78, 5) is 25.8. The van der Waals surface area contributed by atoms with Crippen LogP contribution in [0, 0.1) is 0 Å². The third-order valence-electron chi connectivity index (χ3n) is 4.02. The molecule has 1 fully saturated rings. The largest absolute Gasteiger partial charge is 0.358 e. The summed E-state index contributed by atoms with van der Waals surface area (Å²) in [6.07, 6.45) is 3.27. The minimum absolute atomic E-state index is 0.0160. The standard InChI is InChI=1S/C14H19N7O2/c1-15-13(22)9-20-6-4-11(5-7-20)16-14(23)10-2-3-12-17-18-19-21(12)8-10/h2-3,8,11H,4-7,9H2,1H3,(H,15,22)(H,16,23). The molecule has 2 amide bonds. The second-order valence-electron chi connectivity index (χ2n) is 5.60. The van der Waals surface area contributed by atoms with Crippen molar-refractivity contribution in [2.45, 2.75) is 18.9 Å². The van der Waals surface area contributed by atoms with E-state index in [2.05, 4.69) is 31.1 Å². The Bertz CT molecular complexity index is 706. The molecule has 1 aliphatic rings. The average Bonchev–Trinajstić information content (AvgIpc) is 3.04. The molecule has 2 aromatic heterocycles. The van der Waals surface area contributed by atoms with Crippen LogP contribution in [0.1, 0.15) is 23.2 Å². The fourth-order valence-corrected chi connectivity index (χ4v) is 2.66. The van der Waals surface area contributed by atoms with Crippen molar-refractivity contribution >= 4 is 17.5 Å². The van der Waals surface area contributed by atoms with Crippen molar-refractivity contribution in [3.05, 3.63) is 23.9 Å². The topological polar surface area (TPSA) is 105 Å². The van der Waals surface area contributed by atoms with Gasteiger partial charge in [0.05, 0.1) is 12.1 Å². The highest BCUT2D eigenvalue weighted by molar-refractivity contribution is 5.94. The molecule has 122 valence electrons. The highest BCUT2D eigenvalue weighted by atomic mass is 16.2. The molecule has 1 aliphatic heterocycles. The van der Waals surface area contributed by atoms with Gasteiger partial charge in [-0.05, 0) is 35.4 Å². The Hall–Kier alpha value is -2.55. The Kier molecular flexibility index (Phi) is 4.47. The third kappa shape index (κ3) is 3.62. The Morgan fingerprint density at radius 3 is 2.83 bits per heavy atom. The molecule has 0 unspecified atom stereocenters. The molecule has 2 aromatic rings. The monoisotopic (exact) mass is 317 g/mol. The zero-order valence-electron chi connectivity index (χ0n) is 12.9. The van der Waals surface area contributed by atoms with Crippen molar-refractivity contribution in [3.8, 4) is 0 Å². The summed E-state index contributed by atoms with van der Waals surface area (Å²) >= 11 is 0. The number of likely N-dealkylation sites (N-methyl/N-ethyl adjacent to an activating group) is 1. The molecule has 9 heteroatoms. The molecule has 0 radical (unpaired) electrons. The molecule has 2 N–H and O–H groups in total. The molecule has 0 atom stereocenters. The number of carbonyl (C=O) groups excluding carboxylic acids is 2. The van der Waals surface area contributed by atoms with E-state index in [9.17, 15) is 9.59 Å². The van der Waals surface area contributed by atoms with E-state index >= 15 is 0 Å². The Morgan fingerprint density at radius 1 is 1.30 bits per heavy atom. The number of nitrogens with zero attached hydrogens (tertiary/aromatic N) is 5. The van der Waals surface area contributed by atoms with Crippen molar-refractivity contribution in [2.75, 3.05) is 26.7 Å². The molecule has 0 saturated carbocycles. The molecule has 9 nitrogen and oxygen atoms in total. The van der Waals surface area contributed by atoms with Gasteiger partial charge in [0.2, 0.25) is 5.91 Å². The third-order valence-corrected chi connectivity index (χ3v) is 4.02. The lowest BCUT2D eigenvalue weighted by molar-refractivity contribution is -0.122. The van der Waals surface area contributed by atoms with Crippen LogP contribution in [0.2, 0.25) is 0 Å². The highest BCUT2D eigenvalue weighted by Gasteiger charge is 2.22. The van der Waals surface area contributed by atoms with Crippen LogP contribution in [0.25, 0.3) is 5.65 Å². The van der Waals surface area contributed by atoms with Crippen LogP contribution in [0.5, 0.6) is 0 Å². The first-order valence-electron chi connectivity index (χ1n) is 7.57. The number of tetrazole rings is 1. The molecule has 0 spiro atoms. The maximum atomic E-state index is 12.3.